The van der Waals surface area contributed by atoms with Crippen LogP contribution in [0.15, 0.2) is 35.3 Å². The zero-order valence-corrected chi connectivity index (χ0v) is 18.5. The molecule has 1 aliphatic heterocycles. The van der Waals surface area contributed by atoms with Crippen LogP contribution >= 0.6 is 24.0 Å². The van der Waals surface area contributed by atoms with Crippen LogP contribution in [0, 0.1) is 11.3 Å². The number of carbonyl (C=O) groups excluding carboxylic acids is 1. The number of nitrogens with one attached hydrogen (secondary N) is 1. The highest BCUT2D eigenvalue weighted by Crippen LogP contribution is 2.22. The summed E-state index contributed by atoms with van der Waals surface area (Å²) in [5.74, 6) is 1.05. The van der Waals surface area contributed by atoms with Crippen LogP contribution in [0.2, 0.25) is 0 Å². The summed E-state index contributed by atoms with van der Waals surface area (Å²) in [6, 6.07) is 10.6. The second kappa shape index (κ2) is 10.7. The number of halogens is 1. The molecule has 3 N–H and O–H groups in total. The van der Waals surface area contributed by atoms with E-state index in [4.69, 9.17) is 5.73 Å². The van der Waals surface area contributed by atoms with Crippen LogP contribution in [0.5, 0.6) is 0 Å². The molecule has 1 aromatic carbocycles. The van der Waals surface area contributed by atoms with Gasteiger partial charge in [0.15, 0.2) is 5.96 Å². The van der Waals surface area contributed by atoms with E-state index in [1.54, 1.807) is 0 Å². The Bertz CT molecular complexity index is 589. The highest BCUT2D eigenvalue weighted by Gasteiger charge is 2.25. The van der Waals surface area contributed by atoms with Crippen molar-refractivity contribution in [1.82, 2.24) is 10.2 Å². The molecule has 0 saturated carbocycles. The van der Waals surface area contributed by atoms with E-state index in [1.807, 2.05) is 7.05 Å². The maximum absolute atomic E-state index is 11.2. The topological polar surface area (TPSA) is 70.7 Å². The molecule has 0 aliphatic carbocycles. The van der Waals surface area contributed by atoms with Gasteiger partial charge in [0.2, 0.25) is 5.91 Å². The third-order valence-electron chi connectivity index (χ3n) is 4.77. The third-order valence-corrected chi connectivity index (χ3v) is 4.77. The van der Waals surface area contributed by atoms with Gasteiger partial charge in [-0.25, -0.2) is 0 Å². The van der Waals surface area contributed by atoms with Gasteiger partial charge in [-0.3, -0.25) is 9.79 Å². The largest absolute Gasteiger partial charge is 0.370 e. The Hall–Kier alpha value is -1.31. The van der Waals surface area contributed by atoms with E-state index >= 15 is 0 Å². The zero-order chi connectivity index (χ0) is 18.3. The van der Waals surface area contributed by atoms with Gasteiger partial charge >= 0.3 is 0 Å². The molecule has 1 aliphatic rings. The summed E-state index contributed by atoms with van der Waals surface area (Å²) in [7, 11) is 1.82. The molecule has 146 valence electrons. The van der Waals surface area contributed by atoms with Gasteiger partial charge in [-0.2, -0.15) is 0 Å². The first-order chi connectivity index (χ1) is 11.9. The number of rotatable bonds is 6. The van der Waals surface area contributed by atoms with E-state index in [2.05, 4.69) is 59.4 Å². The van der Waals surface area contributed by atoms with Gasteiger partial charge in [0, 0.05) is 33.1 Å². The number of likely N-dealkylation sites (tertiary alicyclic amines) is 1. The Balaban J connectivity index is 0.00000338. The van der Waals surface area contributed by atoms with Crippen molar-refractivity contribution in [3.63, 3.8) is 0 Å². The molecule has 1 heterocycles. The van der Waals surface area contributed by atoms with Gasteiger partial charge < -0.3 is 16.0 Å². The second-order valence-corrected chi connectivity index (χ2v) is 7.85. The van der Waals surface area contributed by atoms with E-state index in [0.717, 1.165) is 44.9 Å². The van der Waals surface area contributed by atoms with Crippen LogP contribution in [0.4, 0.5) is 0 Å². The first-order valence-corrected chi connectivity index (χ1v) is 9.17. The van der Waals surface area contributed by atoms with Gasteiger partial charge in [-0.15, -0.1) is 24.0 Å². The van der Waals surface area contributed by atoms with E-state index in [0.29, 0.717) is 12.3 Å². The summed E-state index contributed by atoms with van der Waals surface area (Å²) in [4.78, 5) is 17.9. The fourth-order valence-electron chi connectivity index (χ4n) is 3.57. The monoisotopic (exact) mass is 472 g/mol. The van der Waals surface area contributed by atoms with Gasteiger partial charge in [-0.1, -0.05) is 44.2 Å². The molecule has 0 bridgehead atoms. The normalized spacial score (nSPS) is 18.2. The first kappa shape index (κ1) is 22.7. The van der Waals surface area contributed by atoms with Gasteiger partial charge in [-0.05, 0) is 36.2 Å². The Labute approximate surface area is 174 Å². The molecule has 5 nitrogen and oxygen atoms in total. The lowest BCUT2D eigenvalue weighted by Gasteiger charge is -2.36. The summed E-state index contributed by atoms with van der Waals surface area (Å²) < 4.78 is 0. The predicted molar refractivity (Wildman–Crippen MR) is 119 cm³/mol. The summed E-state index contributed by atoms with van der Waals surface area (Å²) >= 11 is 0. The second-order valence-electron chi connectivity index (χ2n) is 7.85. The Morgan fingerprint density at radius 3 is 2.65 bits per heavy atom. The SMILES string of the molecule is CN=C(NCC(C)(C)Cc1ccccc1)N1CCCC(CC(N)=O)C1.I. The van der Waals surface area contributed by atoms with Crippen molar-refractivity contribution in [2.24, 2.45) is 22.1 Å². The van der Waals surface area contributed by atoms with Crippen molar-refractivity contribution in [3.05, 3.63) is 35.9 Å². The molecular formula is C20H33IN4O. The molecule has 1 unspecified atom stereocenters. The molecular weight excluding hydrogens is 439 g/mol. The van der Waals surface area contributed by atoms with Crippen molar-refractivity contribution in [2.45, 2.75) is 39.5 Å². The first-order valence-electron chi connectivity index (χ1n) is 9.17. The van der Waals surface area contributed by atoms with Crippen molar-refractivity contribution in [1.29, 1.82) is 0 Å². The number of piperidine rings is 1. The predicted octanol–water partition coefficient (Wildman–Crippen LogP) is 3.04. The van der Waals surface area contributed by atoms with Gasteiger partial charge in [0.1, 0.15) is 0 Å². The molecule has 0 aromatic heterocycles. The van der Waals surface area contributed by atoms with Gasteiger partial charge in [0.05, 0.1) is 0 Å². The minimum atomic E-state index is -0.209. The maximum atomic E-state index is 11.2. The number of benzene rings is 1. The van der Waals surface area contributed by atoms with E-state index in [9.17, 15) is 4.79 Å². The summed E-state index contributed by atoms with van der Waals surface area (Å²) in [6.07, 6.45) is 3.62. The number of amides is 1. The van der Waals surface area contributed by atoms with Crippen LogP contribution in [0.3, 0.4) is 0 Å². The molecule has 0 spiro atoms. The van der Waals surface area contributed by atoms with Crippen molar-refractivity contribution >= 4 is 35.8 Å². The average molecular weight is 472 g/mol. The number of nitrogens with two attached hydrogens (primary N) is 1. The van der Waals surface area contributed by atoms with E-state index in [-0.39, 0.29) is 35.3 Å². The minimum absolute atomic E-state index is 0. The molecule has 1 aromatic rings. The lowest BCUT2D eigenvalue weighted by molar-refractivity contribution is -0.119. The number of guanidine groups is 1. The number of hydrogen-bond donors (Lipinski definition) is 2. The Morgan fingerprint density at radius 1 is 1.35 bits per heavy atom. The summed E-state index contributed by atoms with van der Waals surface area (Å²) in [5, 5.41) is 3.53. The van der Waals surface area contributed by atoms with Crippen LogP contribution in [-0.4, -0.2) is 43.4 Å². The smallest absolute Gasteiger partial charge is 0.217 e. The highest BCUT2D eigenvalue weighted by molar-refractivity contribution is 14.0. The number of aliphatic imine (C=N–C) groups is 1. The fraction of sp³-hybridized carbons (Fsp3) is 0.600. The van der Waals surface area contributed by atoms with Crippen LogP contribution in [0.25, 0.3) is 0 Å². The van der Waals surface area contributed by atoms with Crippen molar-refractivity contribution in [3.8, 4) is 0 Å². The number of primary amides is 1. The Kier molecular flexibility index (Phi) is 9.39. The van der Waals surface area contributed by atoms with E-state index in [1.165, 1.54) is 5.56 Å². The molecule has 1 fully saturated rings. The molecule has 0 radical (unpaired) electrons. The average Bonchev–Trinajstić information content (AvgIpc) is 2.55. The molecule has 1 saturated heterocycles. The standard InChI is InChI=1S/C20H32N4O.HI/c1-20(2,13-16-8-5-4-6-9-16)15-23-19(22-3)24-11-7-10-17(14-24)12-18(21)25;/h4-6,8-9,17H,7,10-15H2,1-3H3,(H2,21,25)(H,22,23);1H. The van der Waals surface area contributed by atoms with Crippen molar-refractivity contribution < 1.29 is 4.79 Å². The molecule has 1 amide bonds. The zero-order valence-electron chi connectivity index (χ0n) is 16.2. The Morgan fingerprint density at radius 2 is 2.04 bits per heavy atom. The molecule has 1 atom stereocenters. The summed E-state index contributed by atoms with van der Waals surface area (Å²) in [6.45, 7) is 7.22. The number of nitrogens with zero attached hydrogens (tertiary/aromatic N) is 2. The minimum Gasteiger partial charge on any atom is -0.370 e. The quantitative estimate of drug-likeness (QED) is 0.380. The van der Waals surface area contributed by atoms with Crippen LogP contribution in [-0.2, 0) is 11.2 Å². The van der Waals surface area contributed by atoms with Crippen molar-refractivity contribution in [2.75, 3.05) is 26.7 Å². The fourth-order valence-corrected chi connectivity index (χ4v) is 3.57. The summed E-state index contributed by atoms with van der Waals surface area (Å²) in [5.41, 5.74) is 6.84. The van der Waals surface area contributed by atoms with Gasteiger partial charge in [0.25, 0.3) is 0 Å². The lowest BCUT2D eigenvalue weighted by Crippen LogP contribution is -2.49. The highest BCUT2D eigenvalue weighted by atomic mass is 127. The number of carbonyl (C=O) groups is 1. The van der Waals surface area contributed by atoms with Crippen LogP contribution < -0.4 is 11.1 Å². The van der Waals surface area contributed by atoms with Crippen LogP contribution in [0.1, 0.15) is 38.7 Å². The third kappa shape index (κ3) is 7.51. The lowest BCUT2D eigenvalue weighted by atomic mass is 9.85. The number of hydrogen-bond acceptors (Lipinski definition) is 2. The molecule has 2 rings (SSSR count). The maximum Gasteiger partial charge on any atom is 0.217 e. The molecule has 26 heavy (non-hydrogen) atoms. The van der Waals surface area contributed by atoms with E-state index < -0.39 is 0 Å². The molecule has 6 heteroatoms.